The third-order valence-corrected chi connectivity index (χ3v) is 5.44. The van der Waals surface area contributed by atoms with Crippen LogP contribution in [0.1, 0.15) is 21.5 Å². The van der Waals surface area contributed by atoms with E-state index in [9.17, 15) is 10.1 Å². The second kappa shape index (κ2) is 7.03. The summed E-state index contributed by atoms with van der Waals surface area (Å²) in [5.74, 6) is 0.570. The van der Waals surface area contributed by atoms with Gasteiger partial charge in [0.2, 0.25) is 5.12 Å². The van der Waals surface area contributed by atoms with Gasteiger partial charge in [0.25, 0.3) is 0 Å². The Morgan fingerprint density at radius 2 is 1.27 bits per heavy atom. The molecule has 0 unspecified atom stereocenters. The molecule has 26 heavy (non-hydrogen) atoms. The number of hydrogen-bond acceptors (Lipinski definition) is 3. The van der Waals surface area contributed by atoms with E-state index >= 15 is 0 Å². The Bertz CT molecular complexity index is 1100. The topological polar surface area (TPSA) is 40.9 Å². The van der Waals surface area contributed by atoms with Crippen LogP contribution in [0.4, 0.5) is 0 Å². The molecule has 0 saturated heterocycles. The van der Waals surface area contributed by atoms with Gasteiger partial charge in [-0.3, -0.25) is 4.79 Å². The second-order valence-corrected chi connectivity index (χ2v) is 6.95. The van der Waals surface area contributed by atoms with Gasteiger partial charge in [0, 0.05) is 22.1 Å². The van der Waals surface area contributed by atoms with Gasteiger partial charge in [0.05, 0.1) is 5.56 Å². The largest absolute Gasteiger partial charge is 0.282 e. The normalized spacial score (nSPS) is 10.7. The van der Waals surface area contributed by atoms with Gasteiger partial charge in [-0.15, -0.1) is 0 Å². The van der Waals surface area contributed by atoms with Crippen LogP contribution in [-0.2, 0) is 5.75 Å². The molecule has 3 heteroatoms. The molecular weight excluding hydrogens is 338 g/mol. The highest BCUT2D eigenvalue weighted by Gasteiger charge is 2.15. The maximum Gasteiger partial charge on any atom is 0.219 e. The van der Waals surface area contributed by atoms with Crippen molar-refractivity contribution in [2.45, 2.75) is 5.75 Å². The van der Waals surface area contributed by atoms with Gasteiger partial charge in [-0.05, 0) is 16.3 Å². The SMILES string of the molecule is N#Cc1c2ccccc2c(CSC(=O)c2ccccc2)c2ccccc12. The number of benzene rings is 4. The highest BCUT2D eigenvalue weighted by atomic mass is 32.2. The molecule has 4 aromatic carbocycles. The smallest absolute Gasteiger partial charge is 0.219 e. The van der Waals surface area contributed by atoms with Crippen LogP contribution in [0.25, 0.3) is 21.5 Å². The molecule has 0 aliphatic carbocycles. The molecule has 4 aromatic rings. The van der Waals surface area contributed by atoms with E-state index in [1.165, 1.54) is 11.8 Å². The fraction of sp³-hybridized carbons (Fsp3) is 0.0435. The maximum atomic E-state index is 12.5. The van der Waals surface area contributed by atoms with Gasteiger partial charge in [-0.25, -0.2) is 0 Å². The van der Waals surface area contributed by atoms with Gasteiger partial charge < -0.3 is 0 Å². The maximum absolute atomic E-state index is 12.5. The summed E-state index contributed by atoms with van der Waals surface area (Å²) in [6.07, 6.45) is 0. The van der Waals surface area contributed by atoms with Crippen molar-refractivity contribution in [3.8, 4) is 6.07 Å². The molecule has 0 bridgehead atoms. The number of thioether (sulfide) groups is 1. The average molecular weight is 353 g/mol. The number of nitrogens with zero attached hydrogens (tertiary/aromatic N) is 1. The Morgan fingerprint density at radius 3 is 1.81 bits per heavy atom. The molecular formula is C23H15NOS. The Hall–Kier alpha value is -3.09. The Labute approximate surface area is 156 Å². The van der Waals surface area contributed by atoms with Gasteiger partial charge in [0.15, 0.2) is 0 Å². The van der Waals surface area contributed by atoms with Crippen molar-refractivity contribution < 1.29 is 4.79 Å². The highest BCUT2D eigenvalue weighted by Crippen LogP contribution is 2.35. The van der Waals surface area contributed by atoms with Crippen LogP contribution in [0.3, 0.4) is 0 Å². The van der Waals surface area contributed by atoms with E-state index in [1.54, 1.807) is 0 Å². The predicted molar refractivity (Wildman–Crippen MR) is 108 cm³/mol. The summed E-state index contributed by atoms with van der Waals surface area (Å²) in [5, 5.41) is 13.7. The van der Waals surface area contributed by atoms with Crippen molar-refractivity contribution in [3.63, 3.8) is 0 Å². The first-order valence-corrected chi connectivity index (χ1v) is 9.33. The van der Waals surface area contributed by atoms with Crippen LogP contribution in [0.2, 0.25) is 0 Å². The van der Waals surface area contributed by atoms with Crippen molar-refractivity contribution in [3.05, 3.63) is 95.6 Å². The van der Waals surface area contributed by atoms with E-state index < -0.39 is 0 Å². The molecule has 0 spiro atoms. The van der Waals surface area contributed by atoms with Crippen LogP contribution >= 0.6 is 11.8 Å². The number of hydrogen-bond donors (Lipinski definition) is 0. The fourth-order valence-electron chi connectivity index (χ4n) is 3.29. The highest BCUT2D eigenvalue weighted by molar-refractivity contribution is 8.13. The molecule has 0 fully saturated rings. The van der Waals surface area contributed by atoms with Crippen LogP contribution in [0, 0.1) is 11.3 Å². The first-order valence-electron chi connectivity index (χ1n) is 8.34. The summed E-state index contributed by atoms with van der Waals surface area (Å²) in [7, 11) is 0. The molecule has 0 amide bonds. The zero-order chi connectivity index (χ0) is 17.9. The summed E-state index contributed by atoms with van der Waals surface area (Å²) < 4.78 is 0. The van der Waals surface area contributed by atoms with E-state index in [-0.39, 0.29) is 5.12 Å². The Balaban J connectivity index is 1.83. The van der Waals surface area contributed by atoms with Gasteiger partial charge >= 0.3 is 0 Å². The lowest BCUT2D eigenvalue weighted by Gasteiger charge is -2.13. The molecule has 0 aliphatic rings. The quantitative estimate of drug-likeness (QED) is 0.428. The molecule has 0 aliphatic heterocycles. The third kappa shape index (κ3) is 2.85. The summed E-state index contributed by atoms with van der Waals surface area (Å²) in [6, 6.07) is 27.6. The molecule has 0 radical (unpaired) electrons. The molecule has 0 heterocycles. The van der Waals surface area contributed by atoms with Crippen LogP contribution < -0.4 is 0 Å². The minimum absolute atomic E-state index is 0.0584. The Morgan fingerprint density at radius 1 is 0.769 bits per heavy atom. The van der Waals surface area contributed by atoms with Crippen molar-refractivity contribution in [1.29, 1.82) is 5.26 Å². The summed E-state index contributed by atoms with van der Waals surface area (Å²) in [6.45, 7) is 0. The molecule has 0 atom stereocenters. The van der Waals surface area contributed by atoms with Crippen molar-refractivity contribution in [1.82, 2.24) is 0 Å². The molecule has 0 N–H and O–H groups in total. The first kappa shape index (κ1) is 16.4. The van der Waals surface area contributed by atoms with E-state index in [1.807, 2.05) is 78.9 Å². The lowest BCUT2D eigenvalue weighted by Crippen LogP contribution is -1.96. The molecule has 0 aromatic heterocycles. The summed E-state index contributed by atoms with van der Waals surface area (Å²) in [4.78, 5) is 12.5. The summed E-state index contributed by atoms with van der Waals surface area (Å²) >= 11 is 1.30. The van der Waals surface area contributed by atoms with Crippen LogP contribution in [0.5, 0.6) is 0 Å². The lowest BCUT2D eigenvalue weighted by atomic mass is 9.93. The fourth-order valence-corrected chi connectivity index (χ4v) is 4.18. The predicted octanol–water partition coefficient (Wildman–Crippen LogP) is 5.94. The number of rotatable bonds is 3. The van der Waals surface area contributed by atoms with Crippen LogP contribution in [-0.4, -0.2) is 5.12 Å². The lowest BCUT2D eigenvalue weighted by molar-refractivity contribution is 0.108. The van der Waals surface area contributed by atoms with Gasteiger partial charge in [-0.2, -0.15) is 5.26 Å². The number of nitriles is 1. The Kier molecular flexibility index (Phi) is 4.43. The average Bonchev–Trinajstić information content (AvgIpc) is 2.71. The standard InChI is InChI=1S/C23H15NOS/c24-14-21-17-10-4-6-12-19(17)22(20-13-7-5-11-18(20)21)15-26-23(25)16-8-2-1-3-9-16/h1-13H,15H2. The molecule has 4 rings (SSSR count). The number of carbonyl (C=O) groups excluding carboxylic acids is 1. The third-order valence-electron chi connectivity index (χ3n) is 4.51. The zero-order valence-electron chi connectivity index (χ0n) is 14.0. The minimum atomic E-state index is 0.0584. The monoisotopic (exact) mass is 353 g/mol. The van der Waals surface area contributed by atoms with E-state index in [0.29, 0.717) is 16.9 Å². The molecule has 2 nitrogen and oxygen atoms in total. The molecule has 124 valence electrons. The van der Waals surface area contributed by atoms with E-state index in [2.05, 4.69) is 6.07 Å². The second-order valence-electron chi connectivity index (χ2n) is 6.00. The zero-order valence-corrected chi connectivity index (χ0v) is 14.8. The number of fused-ring (bicyclic) bond motifs is 2. The van der Waals surface area contributed by atoms with E-state index in [4.69, 9.17) is 0 Å². The number of carbonyl (C=O) groups is 1. The van der Waals surface area contributed by atoms with E-state index in [0.717, 1.165) is 27.1 Å². The van der Waals surface area contributed by atoms with Crippen molar-refractivity contribution >= 4 is 38.4 Å². The minimum Gasteiger partial charge on any atom is -0.282 e. The van der Waals surface area contributed by atoms with Crippen molar-refractivity contribution in [2.24, 2.45) is 0 Å². The van der Waals surface area contributed by atoms with Gasteiger partial charge in [0.1, 0.15) is 6.07 Å². The molecule has 0 saturated carbocycles. The van der Waals surface area contributed by atoms with Gasteiger partial charge in [-0.1, -0.05) is 90.6 Å². The summed E-state index contributed by atoms with van der Waals surface area (Å²) in [5.41, 5.74) is 2.50. The first-order chi connectivity index (χ1) is 12.8. The van der Waals surface area contributed by atoms with Crippen molar-refractivity contribution in [2.75, 3.05) is 0 Å². The van der Waals surface area contributed by atoms with Crippen LogP contribution in [0.15, 0.2) is 78.9 Å².